The lowest BCUT2D eigenvalue weighted by Crippen LogP contribution is -2.44. The summed E-state index contributed by atoms with van der Waals surface area (Å²) in [5, 5.41) is 3.12. The van der Waals surface area contributed by atoms with Crippen molar-refractivity contribution in [2.75, 3.05) is 33.7 Å². The van der Waals surface area contributed by atoms with Gasteiger partial charge in [-0.3, -0.25) is 4.79 Å². The predicted molar refractivity (Wildman–Crippen MR) is 85.1 cm³/mol. The lowest BCUT2D eigenvalue weighted by Gasteiger charge is -2.32. The zero-order valence-corrected chi connectivity index (χ0v) is 13.7. The van der Waals surface area contributed by atoms with Crippen molar-refractivity contribution < 1.29 is 13.6 Å². The molecule has 1 amide bonds. The van der Waals surface area contributed by atoms with Gasteiger partial charge in [-0.1, -0.05) is 0 Å². The first kappa shape index (κ1) is 17.2. The molecule has 1 aliphatic heterocycles. The van der Waals surface area contributed by atoms with E-state index in [4.69, 9.17) is 0 Å². The van der Waals surface area contributed by atoms with Gasteiger partial charge in [0.05, 0.1) is 0 Å². The molecule has 7 heteroatoms. The van der Waals surface area contributed by atoms with E-state index in [2.05, 4.69) is 10.3 Å². The summed E-state index contributed by atoms with van der Waals surface area (Å²) >= 11 is 0. The van der Waals surface area contributed by atoms with Crippen molar-refractivity contribution >= 4 is 11.9 Å². The Bertz CT molecular complexity index is 616. The number of likely N-dealkylation sites (N-methyl/N-ethyl adjacent to an activating group) is 1. The fourth-order valence-electron chi connectivity index (χ4n) is 2.50. The fourth-order valence-corrected chi connectivity index (χ4v) is 2.50. The van der Waals surface area contributed by atoms with Crippen LogP contribution in [0.25, 0.3) is 0 Å². The highest BCUT2D eigenvalue weighted by molar-refractivity contribution is 5.85. The molecule has 1 aliphatic rings. The van der Waals surface area contributed by atoms with Crippen molar-refractivity contribution in [1.82, 2.24) is 15.1 Å². The SMILES string of the molecule is CCNC(=NCC(=O)N(C)C)N1CCc2c(F)cc(F)cc2C1. The molecule has 0 saturated carbocycles. The molecular formula is C16H22F2N4O. The van der Waals surface area contributed by atoms with Crippen LogP contribution in [0.1, 0.15) is 18.1 Å². The van der Waals surface area contributed by atoms with Gasteiger partial charge < -0.3 is 15.1 Å². The number of nitrogens with one attached hydrogen (secondary N) is 1. The van der Waals surface area contributed by atoms with Gasteiger partial charge in [-0.25, -0.2) is 13.8 Å². The van der Waals surface area contributed by atoms with Gasteiger partial charge in [0.1, 0.15) is 18.2 Å². The molecular weight excluding hydrogens is 302 g/mol. The van der Waals surface area contributed by atoms with E-state index in [1.165, 1.54) is 11.0 Å². The maximum absolute atomic E-state index is 13.8. The Morgan fingerprint density at radius 3 is 2.78 bits per heavy atom. The van der Waals surface area contributed by atoms with Gasteiger partial charge >= 0.3 is 0 Å². The number of benzene rings is 1. The van der Waals surface area contributed by atoms with E-state index in [1.807, 2.05) is 11.8 Å². The lowest BCUT2D eigenvalue weighted by molar-refractivity contribution is -0.127. The van der Waals surface area contributed by atoms with Crippen LogP contribution in [0.4, 0.5) is 8.78 Å². The second kappa shape index (κ2) is 7.39. The summed E-state index contributed by atoms with van der Waals surface area (Å²) in [6.45, 7) is 3.55. The van der Waals surface area contributed by atoms with Gasteiger partial charge in [-0.05, 0) is 30.5 Å². The van der Waals surface area contributed by atoms with Crippen LogP contribution in [0, 0.1) is 11.6 Å². The van der Waals surface area contributed by atoms with Crippen molar-refractivity contribution in [3.8, 4) is 0 Å². The summed E-state index contributed by atoms with van der Waals surface area (Å²) in [4.78, 5) is 19.4. The summed E-state index contributed by atoms with van der Waals surface area (Å²) in [6.07, 6.45) is 0.480. The summed E-state index contributed by atoms with van der Waals surface area (Å²) in [7, 11) is 3.35. The number of halogens is 2. The molecule has 0 radical (unpaired) electrons. The highest BCUT2D eigenvalue weighted by Crippen LogP contribution is 2.23. The van der Waals surface area contributed by atoms with Gasteiger partial charge in [0.25, 0.3) is 0 Å². The number of hydrogen-bond donors (Lipinski definition) is 1. The molecule has 126 valence electrons. The number of amides is 1. The molecule has 2 rings (SSSR count). The largest absolute Gasteiger partial charge is 0.356 e. The van der Waals surface area contributed by atoms with Crippen molar-refractivity contribution in [2.24, 2.45) is 4.99 Å². The van der Waals surface area contributed by atoms with E-state index in [0.717, 1.165) is 6.07 Å². The molecule has 1 N–H and O–H groups in total. The minimum atomic E-state index is -0.576. The molecule has 0 bridgehead atoms. The molecule has 0 spiro atoms. The number of carbonyl (C=O) groups excluding carboxylic acids is 1. The van der Waals surface area contributed by atoms with Crippen LogP contribution in [0.2, 0.25) is 0 Å². The van der Waals surface area contributed by atoms with E-state index in [0.29, 0.717) is 43.1 Å². The monoisotopic (exact) mass is 324 g/mol. The van der Waals surface area contributed by atoms with Crippen LogP contribution < -0.4 is 5.32 Å². The van der Waals surface area contributed by atoms with Crippen molar-refractivity contribution in [3.63, 3.8) is 0 Å². The van der Waals surface area contributed by atoms with Gasteiger partial charge in [-0.15, -0.1) is 0 Å². The third kappa shape index (κ3) is 4.18. The first-order valence-electron chi connectivity index (χ1n) is 7.62. The zero-order chi connectivity index (χ0) is 17.0. The minimum absolute atomic E-state index is 0.0379. The number of guanidine groups is 1. The Morgan fingerprint density at radius 2 is 2.13 bits per heavy atom. The van der Waals surface area contributed by atoms with Gasteiger partial charge in [0.15, 0.2) is 5.96 Å². The molecule has 0 aromatic heterocycles. The standard InChI is InChI=1S/C16H22F2N4O/c1-4-19-16(20-9-15(23)21(2)3)22-6-5-13-11(10-22)7-12(17)8-14(13)18/h7-8H,4-6,9-10H2,1-3H3,(H,19,20). The number of carbonyl (C=O) groups is 1. The van der Waals surface area contributed by atoms with E-state index in [9.17, 15) is 13.6 Å². The third-order valence-corrected chi connectivity index (χ3v) is 3.74. The average Bonchev–Trinajstić information content (AvgIpc) is 2.50. The topological polar surface area (TPSA) is 47.9 Å². The van der Waals surface area contributed by atoms with Crippen LogP contribution in [-0.2, 0) is 17.8 Å². The van der Waals surface area contributed by atoms with E-state index in [-0.39, 0.29) is 12.5 Å². The molecule has 0 unspecified atom stereocenters. The van der Waals surface area contributed by atoms with Crippen LogP contribution in [0.3, 0.4) is 0 Å². The molecule has 5 nitrogen and oxygen atoms in total. The highest BCUT2D eigenvalue weighted by Gasteiger charge is 2.22. The highest BCUT2D eigenvalue weighted by atomic mass is 19.1. The van der Waals surface area contributed by atoms with Crippen molar-refractivity contribution in [2.45, 2.75) is 19.9 Å². The summed E-state index contributed by atoms with van der Waals surface area (Å²) < 4.78 is 27.2. The first-order chi connectivity index (χ1) is 10.9. The van der Waals surface area contributed by atoms with Gasteiger partial charge in [0, 0.05) is 39.8 Å². The Labute approximate surface area is 135 Å². The average molecular weight is 324 g/mol. The van der Waals surface area contributed by atoms with E-state index < -0.39 is 11.6 Å². The van der Waals surface area contributed by atoms with Crippen LogP contribution >= 0.6 is 0 Å². The number of fused-ring (bicyclic) bond motifs is 1. The second-order valence-corrected chi connectivity index (χ2v) is 5.66. The summed E-state index contributed by atoms with van der Waals surface area (Å²) in [5.74, 6) is -0.592. The molecule has 0 atom stereocenters. The molecule has 1 aromatic carbocycles. The molecule has 1 heterocycles. The Kier molecular flexibility index (Phi) is 5.52. The number of rotatable bonds is 3. The third-order valence-electron chi connectivity index (χ3n) is 3.74. The minimum Gasteiger partial charge on any atom is -0.356 e. The maximum Gasteiger partial charge on any atom is 0.243 e. The zero-order valence-electron chi connectivity index (χ0n) is 13.7. The number of hydrogen-bond acceptors (Lipinski definition) is 2. The fraction of sp³-hybridized carbons (Fsp3) is 0.500. The molecule has 0 fully saturated rings. The Balaban J connectivity index is 2.18. The normalized spacial score (nSPS) is 14.5. The smallest absolute Gasteiger partial charge is 0.243 e. The lowest BCUT2D eigenvalue weighted by atomic mass is 9.99. The summed E-state index contributed by atoms with van der Waals surface area (Å²) in [6, 6.07) is 2.28. The number of nitrogens with zero attached hydrogens (tertiary/aromatic N) is 3. The van der Waals surface area contributed by atoms with Crippen molar-refractivity contribution in [1.29, 1.82) is 0 Å². The first-order valence-corrected chi connectivity index (χ1v) is 7.62. The van der Waals surface area contributed by atoms with E-state index in [1.54, 1.807) is 14.1 Å². The molecule has 1 aromatic rings. The Hall–Kier alpha value is -2.18. The second-order valence-electron chi connectivity index (χ2n) is 5.66. The molecule has 23 heavy (non-hydrogen) atoms. The Morgan fingerprint density at radius 1 is 1.39 bits per heavy atom. The van der Waals surface area contributed by atoms with Crippen LogP contribution in [0.15, 0.2) is 17.1 Å². The van der Waals surface area contributed by atoms with Gasteiger partial charge in [0.2, 0.25) is 5.91 Å². The van der Waals surface area contributed by atoms with Crippen LogP contribution in [-0.4, -0.2) is 55.4 Å². The van der Waals surface area contributed by atoms with Crippen LogP contribution in [0.5, 0.6) is 0 Å². The van der Waals surface area contributed by atoms with E-state index >= 15 is 0 Å². The molecule has 0 aliphatic carbocycles. The van der Waals surface area contributed by atoms with Crippen molar-refractivity contribution in [3.05, 3.63) is 34.9 Å². The summed E-state index contributed by atoms with van der Waals surface area (Å²) in [5.41, 5.74) is 1.18. The molecule has 0 saturated heterocycles. The maximum atomic E-state index is 13.8. The quantitative estimate of drug-likeness (QED) is 0.675. The number of aliphatic imine (C=N–C) groups is 1. The predicted octanol–water partition coefficient (Wildman–Crippen LogP) is 1.38. The van der Waals surface area contributed by atoms with Gasteiger partial charge in [-0.2, -0.15) is 0 Å².